The van der Waals surface area contributed by atoms with E-state index in [-0.39, 0.29) is 12.3 Å². The molecule has 0 radical (unpaired) electrons. The van der Waals surface area contributed by atoms with Crippen LogP contribution in [0.3, 0.4) is 0 Å². The molecule has 0 aliphatic heterocycles. The summed E-state index contributed by atoms with van der Waals surface area (Å²) in [7, 11) is 2.97. The highest BCUT2D eigenvalue weighted by Gasteiger charge is 2.18. The molecule has 110 valence electrons. The number of nitrogens with one attached hydrogen (secondary N) is 1. The van der Waals surface area contributed by atoms with E-state index in [1.807, 2.05) is 6.92 Å². The van der Waals surface area contributed by atoms with Crippen LogP contribution in [0.2, 0.25) is 0 Å². The molecule has 6 nitrogen and oxygen atoms in total. The Morgan fingerprint density at radius 1 is 1.30 bits per heavy atom. The predicted molar refractivity (Wildman–Crippen MR) is 73.3 cm³/mol. The Labute approximate surface area is 117 Å². The zero-order valence-electron chi connectivity index (χ0n) is 11.8. The lowest BCUT2D eigenvalue weighted by molar-refractivity contribution is -0.137. The van der Waals surface area contributed by atoms with Gasteiger partial charge in [0.15, 0.2) is 0 Å². The number of aliphatic carboxylic acids is 1. The fourth-order valence-electron chi connectivity index (χ4n) is 1.76. The first-order valence-electron chi connectivity index (χ1n) is 6.26. The largest absolute Gasteiger partial charge is 0.497 e. The maximum absolute atomic E-state index is 12.2. The third-order valence-corrected chi connectivity index (χ3v) is 2.90. The van der Waals surface area contributed by atoms with E-state index >= 15 is 0 Å². The first-order valence-corrected chi connectivity index (χ1v) is 6.26. The molecule has 1 unspecified atom stereocenters. The lowest BCUT2D eigenvalue weighted by Gasteiger charge is -2.16. The number of benzene rings is 1. The van der Waals surface area contributed by atoms with Crippen LogP contribution in [0, 0.1) is 0 Å². The Morgan fingerprint density at radius 2 is 2.00 bits per heavy atom. The average Bonchev–Trinajstić information content (AvgIpc) is 2.45. The maximum atomic E-state index is 12.2. The van der Waals surface area contributed by atoms with Crippen LogP contribution in [-0.4, -0.2) is 37.2 Å². The monoisotopic (exact) mass is 281 g/mol. The fraction of sp³-hybridized carbons (Fsp3) is 0.429. The minimum Gasteiger partial charge on any atom is -0.497 e. The van der Waals surface area contributed by atoms with Gasteiger partial charge in [-0.25, -0.2) is 0 Å². The Hall–Kier alpha value is -2.24. The molecule has 2 N–H and O–H groups in total. The van der Waals surface area contributed by atoms with Crippen molar-refractivity contribution in [3.63, 3.8) is 0 Å². The number of carbonyl (C=O) groups is 2. The van der Waals surface area contributed by atoms with E-state index in [1.165, 1.54) is 14.2 Å². The molecule has 0 spiro atoms. The van der Waals surface area contributed by atoms with E-state index in [1.54, 1.807) is 18.2 Å². The highest BCUT2D eigenvalue weighted by Crippen LogP contribution is 2.24. The molecule has 0 aliphatic carbocycles. The fourth-order valence-corrected chi connectivity index (χ4v) is 1.76. The number of hydrogen-bond acceptors (Lipinski definition) is 4. The summed E-state index contributed by atoms with van der Waals surface area (Å²) in [6.45, 7) is 1.82. The van der Waals surface area contributed by atoms with Crippen LogP contribution in [0.15, 0.2) is 18.2 Å². The van der Waals surface area contributed by atoms with E-state index in [0.717, 1.165) is 0 Å². The van der Waals surface area contributed by atoms with Gasteiger partial charge in [-0.05, 0) is 24.6 Å². The number of methoxy groups -OCH3 is 2. The van der Waals surface area contributed by atoms with Crippen LogP contribution in [-0.2, 0) is 4.79 Å². The van der Waals surface area contributed by atoms with Gasteiger partial charge >= 0.3 is 5.97 Å². The second kappa shape index (κ2) is 7.37. The van der Waals surface area contributed by atoms with Gasteiger partial charge < -0.3 is 19.9 Å². The summed E-state index contributed by atoms with van der Waals surface area (Å²) < 4.78 is 10.2. The number of rotatable bonds is 7. The third kappa shape index (κ3) is 4.15. The number of carboxylic acids is 1. The molecule has 1 aromatic rings. The van der Waals surface area contributed by atoms with Crippen LogP contribution < -0.4 is 14.8 Å². The third-order valence-electron chi connectivity index (χ3n) is 2.90. The van der Waals surface area contributed by atoms with E-state index in [0.29, 0.717) is 23.5 Å². The summed E-state index contributed by atoms with van der Waals surface area (Å²) >= 11 is 0. The molecule has 0 heterocycles. The minimum absolute atomic E-state index is 0.117. The standard InChI is InChI=1S/C14H19NO5/c1-4-9(7-13(16)17)15-14(18)11-8-10(19-2)5-6-12(11)20-3/h5-6,8-9H,4,7H2,1-3H3,(H,15,18)(H,16,17). The molecule has 0 bridgehead atoms. The lowest BCUT2D eigenvalue weighted by Crippen LogP contribution is -2.36. The summed E-state index contributed by atoms with van der Waals surface area (Å²) in [6, 6.07) is 4.45. The van der Waals surface area contributed by atoms with Crippen LogP contribution in [0.4, 0.5) is 0 Å². The van der Waals surface area contributed by atoms with Crippen LogP contribution in [0.25, 0.3) is 0 Å². The van der Waals surface area contributed by atoms with Crippen molar-refractivity contribution in [1.29, 1.82) is 0 Å². The van der Waals surface area contributed by atoms with Gasteiger partial charge in [-0.1, -0.05) is 6.92 Å². The van der Waals surface area contributed by atoms with Crippen molar-refractivity contribution in [2.45, 2.75) is 25.8 Å². The normalized spacial score (nSPS) is 11.6. The highest BCUT2D eigenvalue weighted by molar-refractivity contribution is 5.97. The van der Waals surface area contributed by atoms with Crippen LogP contribution in [0.5, 0.6) is 11.5 Å². The second-order valence-electron chi connectivity index (χ2n) is 4.24. The Morgan fingerprint density at radius 3 is 2.50 bits per heavy atom. The maximum Gasteiger partial charge on any atom is 0.305 e. The number of carboxylic acid groups (broad SMARTS) is 1. The SMILES string of the molecule is CCC(CC(=O)O)NC(=O)c1cc(OC)ccc1OC. The van der Waals surface area contributed by atoms with Gasteiger partial charge in [0.25, 0.3) is 5.91 Å². The molecule has 6 heteroatoms. The van der Waals surface area contributed by atoms with Crippen LogP contribution >= 0.6 is 0 Å². The number of carbonyl (C=O) groups excluding carboxylic acids is 1. The lowest BCUT2D eigenvalue weighted by atomic mass is 10.1. The molecular formula is C14H19NO5. The van der Waals surface area contributed by atoms with Gasteiger partial charge in [0.1, 0.15) is 11.5 Å². The summed E-state index contributed by atoms with van der Waals surface area (Å²) in [5.74, 6) is -0.390. The van der Waals surface area contributed by atoms with E-state index < -0.39 is 12.0 Å². The highest BCUT2D eigenvalue weighted by atomic mass is 16.5. The van der Waals surface area contributed by atoms with Crippen molar-refractivity contribution >= 4 is 11.9 Å². The molecule has 1 amide bonds. The van der Waals surface area contributed by atoms with Gasteiger partial charge in [0.2, 0.25) is 0 Å². The smallest absolute Gasteiger partial charge is 0.305 e. The van der Waals surface area contributed by atoms with Crippen molar-refractivity contribution in [2.75, 3.05) is 14.2 Å². The molecule has 0 aliphatic rings. The molecule has 1 aromatic carbocycles. The average molecular weight is 281 g/mol. The van der Waals surface area contributed by atoms with E-state index in [2.05, 4.69) is 5.32 Å². The molecule has 0 aromatic heterocycles. The zero-order valence-corrected chi connectivity index (χ0v) is 11.8. The van der Waals surface area contributed by atoms with Gasteiger partial charge in [-0.3, -0.25) is 9.59 Å². The Balaban J connectivity index is 2.92. The summed E-state index contributed by atoms with van der Waals surface area (Å²) in [4.78, 5) is 22.9. The molecule has 0 saturated carbocycles. The summed E-state index contributed by atoms with van der Waals surface area (Å²) in [5.41, 5.74) is 0.315. The number of ether oxygens (including phenoxy) is 2. The number of amides is 1. The van der Waals surface area contributed by atoms with Crippen molar-refractivity contribution in [3.05, 3.63) is 23.8 Å². The van der Waals surface area contributed by atoms with Crippen molar-refractivity contribution in [2.24, 2.45) is 0 Å². The quantitative estimate of drug-likeness (QED) is 0.794. The van der Waals surface area contributed by atoms with Gasteiger partial charge in [-0.2, -0.15) is 0 Å². The molecule has 0 fully saturated rings. The second-order valence-corrected chi connectivity index (χ2v) is 4.24. The summed E-state index contributed by atoms with van der Waals surface area (Å²) in [6.07, 6.45) is 0.416. The molecular weight excluding hydrogens is 262 g/mol. The van der Waals surface area contributed by atoms with Crippen molar-refractivity contribution in [1.82, 2.24) is 5.32 Å². The first kappa shape index (κ1) is 15.8. The molecule has 0 saturated heterocycles. The Bertz CT molecular complexity index is 486. The van der Waals surface area contributed by atoms with Gasteiger partial charge in [0, 0.05) is 6.04 Å². The predicted octanol–water partition coefficient (Wildman–Crippen LogP) is 1.69. The van der Waals surface area contributed by atoms with E-state index in [9.17, 15) is 9.59 Å². The van der Waals surface area contributed by atoms with Crippen LogP contribution in [0.1, 0.15) is 30.1 Å². The number of hydrogen-bond donors (Lipinski definition) is 2. The first-order chi connectivity index (χ1) is 9.51. The van der Waals surface area contributed by atoms with Gasteiger partial charge in [0.05, 0.1) is 26.2 Å². The van der Waals surface area contributed by atoms with Crippen molar-refractivity contribution < 1.29 is 24.2 Å². The zero-order chi connectivity index (χ0) is 15.1. The van der Waals surface area contributed by atoms with Crippen molar-refractivity contribution in [3.8, 4) is 11.5 Å². The molecule has 1 atom stereocenters. The topological polar surface area (TPSA) is 84.9 Å². The van der Waals surface area contributed by atoms with Gasteiger partial charge in [-0.15, -0.1) is 0 Å². The minimum atomic E-state index is -0.949. The Kier molecular flexibility index (Phi) is 5.83. The molecule has 20 heavy (non-hydrogen) atoms. The summed E-state index contributed by atoms with van der Waals surface area (Å²) in [5, 5.41) is 11.5. The van der Waals surface area contributed by atoms with E-state index in [4.69, 9.17) is 14.6 Å². The molecule has 1 rings (SSSR count).